The van der Waals surface area contributed by atoms with Crippen molar-refractivity contribution in [3.05, 3.63) is 40.7 Å². The number of carbonyl (C=O) groups is 1. The molecule has 2 heterocycles. The number of nitro groups is 1. The van der Waals surface area contributed by atoms with Gasteiger partial charge in [0.25, 0.3) is 11.6 Å². The first kappa shape index (κ1) is 20.8. The molecule has 1 aromatic carbocycles. The number of rotatable bonds is 5. The van der Waals surface area contributed by atoms with E-state index in [1.807, 2.05) is 4.90 Å². The number of hydrogen-bond acceptors (Lipinski definition) is 6. The van der Waals surface area contributed by atoms with Crippen molar-refractivity contribution in [3.8, 4) is 0 Å². The van der Waals surface area contributed by atoms with E-state index in [9.17, 15) is 28.1 Å². The molecule has 2 aromatic rings. The van der Waals surface area contributed by atoms with Gasteiger partial charge in [-0.2, -0.15) is 13.2 Å². The van der Waals surface area contributed by atoms with Gasteiger partial charge in [-0.3, -0.25) is 19.9 Å². The van der Waals surface area contributed by atoms with E-state index in [-0.39, 0.29) is 5.69 Å². The van der Waals surface area contributed by atoms with Crippen LogP contribution in [0, 0.1) is 10.1 Å². The molecule has 0 spiro atoms. The number of hydrogen-bond donors (Lipinski definition) is 0. The lowest BCUT2D eigenvalue weighted by Crippen LogP contribution is -2.51. The number of fused-ring (bicyclic) bond motifs is 1. The van der Waals surface area contributed by atoms with Crippen LogP contribution in [0.4, 0.5) is 24.5 Å². The zero-order valence-electron chi connectivity index (χ0n) is 15.6. The Kier molecular flexibility index (Phi) is 5.87. The van der Waals surface area contributed by atoms with Crippen LogP contribution in [0.1, 0.15) is 6.92 Å². The number of nitrogens with zero attached hydrogens (tertiary/aromatic N) is 4. The van der Waals surface area contributed by atoms with E-state index in [0.29, 0.717) is 37.0 Å². The fourth-order valence-electron chi connectivity index (χ4n) is 3.31. The Morgan fingerprint density at radius 3 is 2.55 bits per heavy atom. The lowest BCUT2D eigenvalue weighted by Gasteiger charge is -2.37. The van der Waals surface area contributed by atoms with E-state index in [0.717, 1.165) is 5.69 Å². The van der Waals surface area contributed by atoms with Crippen LogP contribution in [0.3, 0.4) is 0 Å². The van der Waals surface area contributed by atoms with Crippen molar-refractivity contribution in [1.82, 2.24) is 9.88 Å². The van der Waals surface area contributed by atoms with Gasteiger partial charge in [-0.05, 0) is 19.1 Å². The molecule has 29 heavy (non-hydrogen) atoms. The maximum atomic E-state index is 12.3. The standard InChI is InChI=1S/C18H19F3N4O4/c1-12(29-11-18(19,20)21)17(26)24-8-6-23(7-9-24)15-2-3-16(25(27)28)14-10-22-5-4-13(14)15/h2-5,10,12H,6-9,11H2,1H3/t12-/m1/s1. The Morgan fingerprint density at radius 2 is 1.93 bits per heavy atom. The molecule has 1 aliphatic rings. The molecule has 1 saturated heterocycles. The number of anilines is 1. The lowest BCUT2D eigenvalue weighted by atomic mass is 10.1. The van der Waals surface area contributed by atoms with Crippen molar-refractivity contribution in [3.63, 3.8) is 0 Å². The first-order valence-electron chi connectivity index (χ1n) is 8.90. The van der Waals surface area contributed by atoms with Crippen LogP contribution in [0.15, 0.2) is 30.6 Å². The number of piperazine rings is 1. The SMILES string of the molecule is C[C@@H](OCC(F)(F)F)C(=O)N1CCN(c2ccc([N+](=O)[O-])c3cnccc23)CC1. The van der Waals surface area contributed by atoms with Crippen LogP contribution in [0.2, 0.25) is 0 Å². The Balaban J connectivity index is 1.69. The summed E-state index contributed by atoms with van der Waals surface area (Å²) < 4.78 is 41.4. The van der Waals surface area contributed by atoms with Gasteiger partial charge in [0, 0.05) is 55.7 Å². The van der Waals surface area contributed by atoms with Crippen LogP contribution in [0.5, 0.6) is 0 Å². The highest BCUT2D eigenvalue weighted by molar-refractivity contribution is 5.99. The second kappa shape index (κ2) is 8.19. The maximum absolute atomic E-state index is 12.3. The van der Waals surface area contributed by atoms with E-state index < -0.39 is 29.7 Å². The molecule has 0 N–H and O–H groups in total. The Labute approximate surface area is 164 Å². The van der Waals surface area contributed by atoms with Crippen molar-refractivity contribution in [1.29, 1.82) is 0 Å². The number of halogens is 3. The highest BCUT2D eigenvalue weighted by Crippen LogP contribution is 2.33. The second-order valence-corrected chi connectivity index (χ2v) is 6.66. The Morgan fingerprint density at radius 1 is 1.24 bits per heavy atom. The van der Waals surface area contributed by atoms with Gasteiger partial charge in [0.15, 0.2) is 0 Å². The predicted molar refractivity (Wildman–Crippen MR) is 98.7 cm³/mol. The van der Waals surface area contributed by atoms with Gasteiger partial charge in [0.2, 0.25) is 0 Å². The zero-order chi connectivity index (χ0) is 21.2. The smallest absolute Gasteiger partial charge is 0.367 e. The number of alkyl halides is 3. The molecule has 1 amide bonds. The number of amides is 1. The van der Waals surface area contributed by atoms with Crippen molar-refractivity contribution in [2.24, 2.45) is 0 Å². The van der Waals surface area contributed by atoms with Crippen molar-refractivity contribution >= 4 is 28.1 Å². The first-order valence-corrected chi connectivity index (χ1v) is 8.90. The van der Waals surface area contributed by atoms with Crippen LogP contribution in [0.25, 0.3) is 10.8 Å². The molecule has 8 nitrogen and oxygen atoms in total. The number of aromatic nitrogens is 1. The number of nitro benzene ring substituents is 1. The largest absolute Gasteiger partial charge is 0.411 e. The number of ether oxygens (including phenoxy) is 1. The summed E-state index contributed by atoms with van der Waals surface area (Å²) in [4.78, 5) is 30.5. The molecule has 1 aliphatic heterocycles. The highest BCUT2D eigenvalue weighted by atomic mass is 19.4. The summed E-state index contributed by atoms with van der Waals surface area (Å²) in [7, 11) is 0. The molecule has 1 atom stereocenters. The number of carbonyl (C=O) groups excluding carboxylic acids is 1. The number of non-ortho nitro benzene ring substituents is 1. The summed E-state index contributed by atoms with van der Waals surface area (Å²) in [6.07, 6.45) is -2.68. The molecule has 0 radical (unpaired) electrons. The van der Waals surface area contributed by atoms with Gasteiger partial charge in [-0.15, -0.1) is 0 Å². The summed E-state index contributed by atoms with van der Waals surface area (Å²) in [5.74, 6) is -0.494. The lowest BCUT2D eigenvalue weighted by molar-refractivity contribution is -0.383. The molecular weight excluding hydrogens is 393 g/mol. The molecular formula is C18H19F3N4O4. The summed E-state index contributed by atoms with van der Waals surface area (Å²) in [6, 6.07) is 4.78. The van der Waals surface area contributed by atoms with Crippen molar-refractivity contribution in [2.45, 2.75) is 19.2 Å². The average Bonchev–Trinajstić information content (AvgIpc) is 2.70. The highest BCUT2D eigenvalue weighted by Gasteiger charge is 2.32. The van der Waals surface area contributed by atoms with Crippen LogP contribution in [-0.2, 0) is 9.53 Å². The molecule has 3 rings (SSSR count). The zero-order valence-corrected chi connectivity index (χ0v) is 15.6. The van der Waals surface area contributed by atoms with Gasteiger partial charge < -0.3 is 14.5 Å². The minimum Gasteiger partial charge on any atom is -0.367 e. The summed E-state index contributed by atoms with van der Waals surface area (Å²) >= 11 is 0. The third-order valence-corrected chi connectivity index (χ3v) is 4.75. The van der Waals surface area contributed by atoms with Gasteiger partial charge in [0.05, 0.1) is 10.3 Å². The van der Waals surface area contributed by atoms with Crippen LogP contribution >= 0.6 is 0 Å². The monoisotopic (exact) mass is 412 g/mol. The second-order valence-electron chi connectivity index (χ2n) is 6.66. The van der Waals surface area contributed by atoms with Gasteiger partial charge in [-0.25, -0.2) is 0 Å². The van der Waals surface area contributed by atoms with Gasteiger partial charge >= 0.3 is 6.18 Å². The van der Waals surface area contributed by atoms with Gasteiger partial charge in [-0.1, -0.05) is 0 Å². The molecule has 0 saturated carbocycles. The molecule has 156 valence electrons. The number of pyridine rings is 1. The summed E-state index contributed by atoms with van der Waals surface area (Å²) in [5.41, 5.74) is 0.739. The Hall–Kier alpha value is -2.95. The molecule has 1 fully saturated rings. The van der Waals surface area contributed by atoms with Crippen molar-refractivity contribution < 1.29 is 27.6 Å². The molecule has 0 unspecified atom stereocenters. The third-order valence-electron chi connectivity index (χ3n) is 4.75. The molecule has 11 heteroatoms. The quantitative estimate of drug-likeness (QED) is 0.554. The van der Waals surface area contributed by atoms with E-state index in [1.165, 1.54) is 24.1 Å². The summed E-state index contributed by atoms with van der Waals surface area (Å²) in [5, 5.41) is 12.3. The molecule has 0 aliphatic carbocycles. The van der Waals surface area contributed by atoms with E-state index in [2.05, 4.69) is 9.72 Å². The fraction of sp³-hybridized carbons (Fsp3) is 0.444. The molecule has 0 bridgehead atoms. The Bertz CT molecular complexity index is 914. The van der Waals surface area contributed by atoms with E-state index in [1.54, 1.807) is 18.3 Å². The topological polar surface area (TPSA) is 88.8 Å². The summed E-state index contributed by atoms with van der Waals surface area (Å²) in [6.45, 7) is 1.32. The normalized spacial score (nSPS) is 16.1. The van der Waals surface area contributed by atoms with Gasteiger partial charge in [0.1, 0.15) is 12.7 Å². The maximum Gasteiger partial charge on any atom is 0.411 e. The third kappa shape index (κ3) is 4.73. The fourth-order valence-corrected chi connectivity index (χ4v) is 3.31. The first-order chi connectivity index (χ1) is 13.7. The van der Waals surface area contributed by atoms with E-state index >= 15 is 0 Å². The van der Waals surface area contributed by atoms with Crippen LogP contribution in [-0.4, -0.2) is 65.8 Å². The minimum absolute atomic E-state index is 0.0405. The van der Waals surface area contributed by atoms with Crippen molar-refractivity contribution in [2.75, 3.05) is 37.7 Å². The average molecular weight is 412 g/mol. The van der Waals surface area contributed by atoms with E-state index in [4.69, 9.17) is 0 Å². The molecule has 1 aromatic heterocycles. The number of benzene rings is 1. The minimum atomic E-state index is -4.49. The predicted octanol–water partition coefficient (Wildman–Crippen LogP) is 2.76. The van der Waals surface area contributed by atoms with Crippen LogP contribution < -0.4 is 4.90 Å².